The molecule has 1 amide bonds. The fourth-order valence-electron chi connectivity index (χ4n) is 1.39. The van der Waals surface area contributed by atoms with Crippen molar-refractivity contribution in [2.75, 3.05) is 6.61 Å². The van der Waals surface area contributed by atoms with Crippen LogP contribution in [-0.4, -0.2) is 29.8 Å². The number of unbranched alkanes of at least 4 members (excludes halogenated alkanes) is 1. The largest absolute Gasteiger partial charge is 0.481 e. The van der Waals surface area contributed by atoms with Crippen LogP contribution in [0.2, 0.25) is 0 Å². The standard InChI is InChI=1S/C12H21NO4/c1-3-9-17-12(16)13-10(4-2)7-5-6-8-11(14)15/h3,10H,1,4-9H2,2H3,(H,13,16)(H,14,15). The zero-order chi connectivity index (χ0) is 13.1. The van der Waals surface area contributed by atoms with Crippen LogP contribution < -0.4 is 5.32 Å². The first-order chi connectivity index (χ1) is 8.10. The van der Waals surface area contributed by atoms with Crippen molar-refractivity contribution in [3.8, 4) is 0 Å². The van der Waals surface area contributed by atoms with Crippen LogP contribution in [-0.2, 0) is 9.53 Å². The number of amides is 1. The lowest BCUT2D eigenvalue weighted by molar-refractivity contribution is -0.137. The summed E-state index contributed by atoms with van der Waals surface area (Å²) in [4.78, 5) is 21.5. The summed E-state index contributed by atoms with van der Waals surface area (Å²) in [5.74, 6) is -0.781. The van der Waals surface area contributed by atoms with Gasteiger partial charge in [0.05, 0.1) is 0 Å². The van der Waals surface area contributed by atoms with Gasteiger partial charge in [-0.2, -0.15) is 0 Å². The maximum absolute atomic E-state index is 11.2. The Morgan fingerprint density at radius 2 is 2.18 bits per heavy atom. The van der Waals surface area contributed by atoms with Gasteiger partial charge < -0.3 is 15.2 Å². The Kier molecular flexibility index (Phi) is 8.82. The highest BCUT2D eigenvalue weighted by atomic mass is 16.5. The SMILES string of the molecule is C=CCOC(=O)NC(CC)CCCCC(=O)O. The van der Waals surface area contributed by atoms with Crippen LogP contribution in [0.1, 0.15) is 39.0 Å². The first-order valence-corrected chi connectivity index (χ1v) is 5.86. The number of carbonyl (C=O) groups is 2. The number of carboxylic acids is 1. The van der Waals surface area contributed by atoms with Gasteiger partial charge in [0.25, 0.3) is 0 Å². The minimum absolute atomic E-state index is 0.0427. The number of aliphatic carboxylic acids is 1. The highest BCUT2D eigenvalue weighted by molar-refractivity contribution is 5.67. The second kappa shape index (κ2) is 9.69. The second-order valence-electron chi connectivity index (χ2n) is 3.78. The predicted molar refractivity (Wildman–Crippen MR) is 64.9 cm³/mol. The Morgan fingerprint density at radius 1 is 1.47 bits per heavy atom. The average molecular weight is 243 g/mol. The minimum atomic E-state index is -0.781. The number of hydrogen-bond acceptors (Lipinski definition) is 3. The topological polar surface area (TPSA) is 75.6 Å². The van der Waals surface area contributed by atoms with E-state index in [1.165, 1.54) is 6.08 Å². The van der Waals surface area contributed by atoms with E-state index in [0.29, 0.717) is 6.42 Å². The quantitative estimate of drug-likeness (QED) is 0.481. The lowest BCUT2D eigenvalue weighted by Gasteiger charge is -2.16. The molecule has 0 saturated carbocycles. The molecule has 0 aromatic carbocycles. The van der Waals surface area contributed by atoms with E-state index in [2.05, 4.69) is 11.9 Å². The van der Waals surface area contributed by atoms with Crippen LogP contribution in [0.15, 0.2) is 12.7 Å². The maximum atomic E-state index is 11.2. The average Bonchev–Trinajstić information content (AvgIpc) is 2.30. The molecule has 0 aliphatic carbocycles. The number of nitrogens with one attached hydrogen (secondary N) is 1. The number of alkyl carbamates (subject to hydrolysis) is 1. The summed E-state index contributed by atoms with van der Waals surface area (Å²) in [5, 5.41) is 11.2. The Bertz CT molecular complexity index is 253. The van der Waals surface area contributed by atoms with Gasteiger partial charge in [-0.25, -0.2) is 4.79 Å². The monoisotopic (exact) mass is 243 g/mol. The van der Waals surface area contributed by atoms with E-state index in [1.54, 1.807) is 0 Å². The smallest absolute Gasteiger partial charge is 0.407 e. The molecule has 0 fully saturated rings. The molecule has 0 aliphatic rings. The number of ether oxygens (including phenoxy) is 1. The third-order valence-electron chi connectivity index (χ3n) is 2.34. The summed E-state index contributed by atoms with van der Waals surface area (Å²) in [6.45, 7) is 5.61. The summed E-state index contributed by atoms with van der Waals surface area (Å²) in [7, 11) is 0. The fourth-order valence-corrected chi connectivity index (χ4v) is 1.39. The third kappa shape index (κ3) is 9.41. The molecule has 5 nitrogen and oxygen atoms in total. The van der Waals surface area contributed by atoms with E-state index in [-0.39, 0.29) is 19.1 Å². The lowest BCUT2D eigenvalue weighted by atomic mass is 10.1. The van der Waals surface area contributed by atoms with E-state index in [4.69, 9.17) is 9.84 Å². The highest BCUT2D eigenvalue weighted by Crippen LogP contribution is 2.06. The summed E-state index contributed by atoms with van der Waals surface area (Å²) >= 11 is 0. The highest BCUT2D eigenvalue weighted by Gasteiger charge is 2.10. The number of carboxylic acid groups (broad SMARTS) is 1. The molecule has 0 aliphatic heterocycles. The van der Waals surface area contributed by atoms with Gasteiger partial charge in [-0.15, -0.1) is 0 Å². The van der Waals surface area contributed by atoms with Crippen molar-refractivity contribution in [2.45, 2.75) is 45.1 Å². The summed E-state index contributed by atoms with van der Waals surface area (Å²) in [5.41, 5.74) is 0. The molecule has 2 N–H and O–H groups in total. The van der Waals surface area contributed by atoms with Gasteiger partial charge in [0, 0.05) is 12.5 Å². The van der Waals surface area contributed by atoms with Crippen LogP contribution in [0.25, 0.3) is 0 Å². The number of rotatable bonds is 9. The Balaban J connectivity index is 3.71. The molecule has 0 spiro atoms. The van der Waals surface area contributed by atoms with Crippen molar-refractivity contribution in [1.29, 1.82) is 0 Å². The van der Waals surface area contributed by atoms with Gasteiger partial charge in [0.1, 0.15) is 6.61 Å². The summed E-state index contributed by atoms with van der Waals surface area (Å²) in [6.07, 6.45) is 4.23. The summed E-state index contributed by atoms with van der Waals surface area (Å²) in [6, 6.07) is 0.0427. The normalized spacial score (nSPS) is 11.6. The summed E-state index contributed by atoms with van der Waals surface area (Å²) < 4.78 is 4.81. The van der Waals surface area contributed by atoms with Gasteiger partial charge in [0.2, 0.25) is 0 Å². The predicted octanol–water partition coefficient (Wildman–Crippen LogP) is 2.32. The van der Waals surface area contributed by atoms with E-state index < -0.39 is 12.1 Å². The van der Waals surface area contributed by atoms with E-state index in [1.807, 2.05) is 6.92 Å². The van der Waals surface area contributed by atoms with Crippen molar-refractivity contribution >= 4 is 12.1 Å². The second-order valence-corrected chi connectivity index (χ2v) is 3.78. The molecule has 0 rings (SSSR count). The van der Waals surface area contributed by atoms with Crippen molar-refractivity contribution < 1.29 is 19.4 Å². The van der Waals surface area contributed by atoms with Gasteiger partial charge in [-0.3, -0.25) is 4.79 Å². The molecule has 98 valence electrons. The van der Waals surface area contributed by atoms with Gasteiger partial charge in [-0.1, -0.05) is 26.0 Å². The van der Waals surface area contributed by atoms with E-state index in [9.17, 15) is 9.59 Å². The van der Waals surface area contributed by atoms with Crippen LogP contribution >= 0.6 is 0 Å². The molecule has 17 heavy (non-hydrogen) atoms. The third-order valence-corrected chi connectivity index (χ3v) is 2.34. The van der Waals surface area contributed by atoms with Crippen molar-refractivity contribution in [3.05, 3.63) is 12.7 Å². The van der Waals surface area contributed by atoms with Gasteiger partial charge in [0.15, 0.2) is 0 Å². The first-order valence-electron chi connectivity index (χ1n) is 5.86. The molecule has 0 radical (unpaired) electrons. The Labute approximate surface area is 102 Å². The van der Waals surface area contributed by atoms with Crippen LogP contribution in [0.4, 0.5) is 4.79 Å². The van der Waals surface area contributed by atoms with E-state index in [0.717, 1.165) is 19.3 Å². The fraction of sp³-hybridized carbons (Fsp3) is 0.667. The first kappa shape index (κ1) is 15.5. The van der Waals surface area contributed by atoms with Crippen molar-refractivity contribution in [1.82, 2.24) is 5.32 Å². The van der Waals surface area contributed by atoms with Gasteiger partial charge in [-0.05, 0) is 19.3 Å². The molecule has 0 bridgehead atoms. The maximum Gasteiger partial charge on any atom is 0.407 e. The van der Waals surface area contributed by atoms with E-state index >= 15 is 0 Å². The van der Waals surface area contributed by atoms with Crippen molar-refractivity contribution in [3.63, 3.8) is 0 Å². The van der Waals surface area contributed by atoms with Crippen molar-refractivity contribution in [2.24, 2.45) is 0 Å². The molecule has 1 atom stereocenters. The van der Waals surface area contributed by atoms with Crippen LogP contribution in [0, 0.1) is 0 Å². The molecule has 5 heteroatoms. The molecule has 1 unspecified atom stereocenters. The molecule has 0 aromatic rings. The molecular formula is C12H21NO4. The molecule has 0 aromatic heterocycles. The minimum Gasteiger partial charge on any atom is -0.481 e. The molecule has 0 saturated heterocycles. The van der Waals surface area contributed by atoms with Crippen LogP contribution in [0.5, 0.6) is 0 Å². The zero-order valence-electron chi connectivity index (χ0n) is 10.3. The zero-order valence-corrected chi connectivity index (χ0v) is 10.3. The molecular weight excluding hydrogens is 222 g/mol. The van der Waals surface area contributed by atoms with Gasteiger partial charge >= 0.3 is 12.1 Å². The number of hydrogen-bond donors (Lipinski definition) is 2. The lowest BCUT2D eigenvalue weighted by Crippen LogP contribution is -2.34. The molecule has 0 heterocycles. The number of carbonyl (C=O) groups excluding carboxylic acids is 1. The Morgan fingerprint density at radius 3 is 2.71 bits per heavy atom. The van der Waals surface area contributed by atoms with Crippen LogP contribution in [0.3, 0.4) is 0 Å². The Hall–Kier alpha value is -1.52.